The van der Waals surface area contributed by atoms with Gasteiger partial charge >= 0.3 is 0 Å². The van der Waals surface area contributed by atoms with Crippen molar-refractivity contribution in [1.29, 1.82) is 0 Å². The van der Waals surface area contributed by atoms with E-state index in [1.165, 1.54) is 15.9 Å². The van der Waals surface area contributed by atoms with Crippen molar-refractivity contribution in [1.82, 2.24) is 24.4 Å². The molecule has 8 nitrogen and oxygen atoms in total. The van der Waals surface area contributed by atoms with E-state index >= 15 is 0 Å². The molecule has 0 amide bonds. The van der Waals surface area contributed by atoms with E-state index in [9.17, 15) is 4.79 Å². The molecule has 0 aliphatic rings. The maximum absolute atomic E-state index is 13.3. The number of hydrogen-bond acceptors (Lipinski definition) is 7. The molecule has 0 bridgehead atoms. The highest BCUT2D eigenvalue weighted by atomic mass is 32.1. The number of nitrogens with zero attached hydrogens (tertiary/aromatic N) is 5. The Morgan fingerprint density at radius 2 is 1.59 bits per heavy atom. The van der Waals surface area contributed by atoms with Gasteiger partial charge in [-0.05, 0) is 42.0 Å². The van der Waals surface area contributed by atoms with Gasteiger partial charge in [-0.2, -0.15) is 14.6 Å². The van der Waals surface area contributed by atoms with Crippen molar-refractivity contribution in [3.8, 4) is 28.4 Å². The molecule has 0 fully saturated rings. The predicted octanol–water partition coefficient (Wildman–Crippen LogP) is 4.74. The van der Waals surface area contributed by atoms with E-state index in [1.807, 2.05) is 102 Å². The number of thiazole rings is 1. The molecular formula is C30H23N5O3S. The Kier molecular flexibility index (Phi) is 6.48. The molecule has 0 aliphatic heterocycles. The number of fused-ring (bicyclic) bond motifs is 1. The summed E-state index contributed by atoms with van der Waals surface area (Å²) in [7, 11) is 3.19. The molecular weight excluding hydrogens is 510 g/mol. The van der Waals surface area contributed by atoms with Crippen molar-refractivity contribution in [2.75, 3.05) is 14.2 Å². The standard InChI is InChI=1S/C30H23N5O3S/c1-37-24-15-13-20(17-25(24)38-2)14-16-27-31-30-35(32-27)29(36)26(39-30)18-22-19-34(23-11-7-4-8-12-23)33-28(22)21-9-5-3-6-10-21/h3-19H,1-2H3/b16-14+,26-18-. The molecule has 6 rings (SSSR count). The van der Waals surface area contributed by atoms with Crippen molar-refractivity contribution in [3.63, 3.8) is 0 Å². The third-order valence-corrected chi connectivity index (χ3v) is 7.09. The van der Waals surface area contributed by atoms with Gasteiger partial charge in [-0.1, -0.05) is 72.0 Å². The number of methoxy groups -OCH3 is 2. The quantitative estimate of drug-likeness (QED) is 0.295. The number of benzene rings is 3. The van der Waals surface area contributed by atoms with E-state index in [0.29, 0.717) is 26.8 Å². The second-order valence-electron chi connectivity index (χ2n) is 8.61. The largest absolute Gasteiger partial charge is 0.493 e. The highest BCUT2D eigenvalue weighted by Gasteiger charge is 2.14. The average Bonchev–Trinajstić information content (AvgIpc) is 3.67. The summed E-state index contributed by atoms with van der Waals surface area (Å²) >= 11 is 1.30. The van der Waals surface area contributed by atoms with Crippen LogP contribution < -0.4 is 19.6 Å². The first-order valence-corrected chi connectivity index (χ1v) is 13.0. The summed E-state index contributed by atoms with van der Waals surface area (Å²) in [5, 5.41) is 9.25. The molecule has 0 radical (unpaired) electrons. The summed E-state index contributed by atoms with van der Waals surface area (Å²) in [5.41, 5.74) is 4.19. The first-order valence-electron chi connectivity index (χ1n) is 12.1. The third-order valence-electron chi connectivity index (χ3n) is 6.13. The maximum atomic E-state index is 13.3. The number of para-hydroxylation sites is 1. The molecule has 0 spiro atoms. The molecule has 0 unspecified atom stereocenters. The second-order valence-corrected chi connectivity index (χ2v) is 9.62. The lowest BCUT2D eigenvalue weighted by atomic mass is 10.1. The van der Waals surface area contributed by atoms with Crippen LogP contribution in [0.25, 0.3) is 40.1 Å². The summed E-state index contributed by atoms with van der Waals surface area (Å²) in [6, 6.07) is 25.4. The fourth-order valence-corrected chi connectivity index (χ4v) is 5.12. The van der Waals surface area contributed by atoms with Crippen LogP contribution in [0.5, 0.6) is 11.5 Å². The lowest BCUT2D eigenvalue weighted by molar-refractivity contribution is 0.355. The molecule has 0 aliphatic carbocycles. The molecule has 3 aromatic heterocycles. The summed E-state index contributed by atoms with van der Waals surface area (Å²) in [6.07, 6.45) is 7.42. The molecule has 3 heterocycles. The molecule has 9 heteroatoms. The van der Waals surface area contributed by atoms with Crippen molar-refractivity contribution >= 4 is 34.5 Å². The lowest BCUT2D eigenvalue weighted by Gasteiger charge is -2.07. The van der Waals surface area contributed by atoms with E-state index in [0.717, 1.165) is 28.1 Å². The highest BCUT2D eigenvalue weighted by molar-refractivity contribution is 7.15. The number of hydrogen-bond donors (Lipinski definition) is 0. The van der Waals surface area contributed by atoms with Gasteiger partial charge in [0.25, 0.3) is 5.56 Å². The minimum Gasteiger partial charge on any atom is -0.493 e. The Bertz CT molecular complexity index is 1910. The van der Waals surface area contributed by atoms with E-state index in [-0.39, 0.29) is 5.56 Å². The Morgan fingerprint density at radius 1 is 0.846 bits per heavy atom. The Hall–Kier alpha value is -5.02. The van der Waals surface area contributed by atoms with Crippen LogP contribution in [-0.4, -0.2) is 38.6 Å². The van der Waals surface area contributed by atoms with E-state index < -0.39 is 0 Å². The summed E-state index contributed by atoms with van der Waals surface area (Å²) < 4.78 is 14.4. The minimum absolute atomic E-state index is 0.222. The topological polar surface area (TPSA) is 83.5 Å². The Morgan fingerprint density at radius 3 is 2.31 bits per heavy atom. The molecule has 0 atom stereocenters. The first-order chi connectivity index (χ1) is 19.1. The van der Waals surface area contributed by atoms with Crippen LogP contribution in [0.15, 0.2) is 89.9 Å². The van der Waals surface area contributed by atoms with E-state index in [4.69, 9.17) is 14.6 Å². The van der Waals surface area contributed by atoms with Gasteiger partial charge in [0.05, 0.1) is 30.1 Å². The smallest absolute Gasteiger partial charge is 0.291 e. The Labute approximate surface area is 227 Å². The average molecular weight is 534 g/mol. The van der Waals surface area contributed by atoms with E-state index in [2.05, 4.69) is 10.1 Å². The summed E-state index contributed by atoms with van der Waals surface area (Å²) in [5.74, 6) is 1.73. The molecule has 0 saturated heterocycles. The van der Waals surface area contributed by atoms with Gasteiger partial charge in [0.15, 0.2) is 17.3 Å². The predicted molar refractivity (Wildman–Crippen MR) is 153 cm³/mol. The second kappa shape index (κ2) is 10.4. The molecule has 0 N–H and O–H groups in total. The van der Waals surface area contributed by atoms with Gasteiger partial charge in [0.2, 0.25) is 4.96 Å². The maximum Gasteiger partial charge on any atom is 0.291 e. The van der Waals surface area contributed by atoms with Crippen LogP contribution in [0.3, 0.4) is 0 Å². The minimum atomic E-state index is -0.222. The lowest BCUT2D eigenvalue weighted by Crippen LogP contribution is -2.23. The van der Waals surface area contributed by atoms with Crippen molar-refractivity contribution in [2.45, 2.75) is 0 Å². The zero-order valence-electron chi connectivity index (χ0n) is 21.2. The van der Waals surface area contributed by atoms with Crippen molar-refractivity contribution < 1.29 is 9.47 Å². The zero-order chi connectivity index (χ0) is 26.8. The molecule has 6 aromatic rings. The van der Waals surface area contributed by atoms with E-state index in [1.54, 1.807) is 20.3 Å². The number of rotatable bonds is 7. The monoisotopic (exact) mass is 533 g/mol. The summed E-state index contributed by atoms with van der Waals surface area (Å²) in [4.78, 5) is 18.3. The van der Waals surface area contributed by atoms with Gasteiger partial charge in [-0.15, -0.1) is 5.10 Å². The van der Waals surface area contributed by atoms with Crippen LogP contribution in [0, 0.1) is 0 Å². The highest BCUT2D eigenvalue weighted by Crippen LogP contribution is 2.28. The van der Waals surface area contributed by atoms with Crippen molar-refractivity contribution in [3.05, 3.63) is 117 Å². The normalized spacial score (nSPS) is 12.0. The third kappa shape index (κ3) is 4.83. The first kappa shape index (κ1) is 24.3. The SMILES string of the molecule is COc1ccc(/C=C/c2nc3s/c(=C\c4cn(-c5ccccc5)nc4-c4ccccc4)c(=O)n3n2)cc1OC. The van der Waals surface area contributed by atoms with Crippen molar-refractivity contribution in [2.24, 2.45) is 0 Å². The fourth-order valence-electron chi connectivity index (χ4n) is 4.21. The van der Waals surface area contributed by atoms with Crippen LogP contribution in [0.2, 0.25) is 0 Å². The van der Waals surface area contributed by atoms with Gasteiger partial charge in [-0.3, -0.25) is 4.79 Å². The van der Waals surface area contributed by atoms with Gasteiger partial charge in [-0.25, -0.2) is 4.68 Å². The molecule has 192 valence electrons. The molecule has 0 saturated carbocycles. The van der Waals surface area contributed by atoms with Crippen LogP contribution in [0.1, 0.15) is 17.0 Å². The van der Waals surface area contributed by atoms with Gasteiger partial charge in [0.1, 0.15) is 0 Å². The number of ether oxygens (including phenoxy) is 2. The number of aromatic nitrogens is 5. The molecule has 3 aromatic carbocycles. The Balaban J connectivity index is 1.36. The molecule has 39 heavy (non-hydrogen) atoms. The summed E-state index contributed by atoms with van der Waals surface area (Å²) in [6.45, 7) is 0. The zero-order valence-corrected chi connectivity index (χ0v) is 22.0. The fraction of sp³-hybridized carbons (Fsp3) is 0.0667. The van der Waals surface area contributed by atoms with Crippen LogP contribution in [-0.2, 0) is 0 Å². The van der Waals surface area contributed by atoms with Crippen LogP contribution >= 0.6 is 11.3 Å². The van der Waals surface area contributed by atoms with Gasteiger partial charge < -0.3 is 9.47 Å². The van der Waals surface area contributed by atoms with Crippen LogP contribution in [0.4, 0.5) is 0 Å². The van der Waals surface area contributed by atoms with Gasteiger partial charge in [0, 0.05) is 17.3 Å².